The molecule has 2 aromatic heterocycles. The van der Waals surface area contributed by atoms with Gasteiger partial charge in [0, 0.05) is 30.1 Å². The van der Waals surface area contributed by atoms with Gasteiger partial charge in [-0.2, -0.15) is 5.10 Å². The SMILES string of the molecule is COC(=O)C1CCc2nc(-c3ccc(-n4ccnc4)cc3)nn2C1. The normalized spacial score (nSPS) is 16.6. The van der Waals surface area contributed by atoms with Crippen LogP contribution in [0.2, 0.25) is 0 Å². The molecular weight excluding hydrogens is 306 g/mol. The highest BCUT2D eigenvalue weighted by Crippen LogP contribution is 2.24. The Morgan fingerprint density at radius 2 is 2.12 bits per heavy atom. The molecule has 24 heavy (non-hydrogen) atoms. The van der Waals surface area contributed by atoms with Gasteiger partial charge in [0.1, 0.15) is 5.82 Å². The second-order valence-corrected chi connectivity index (χ2v) is 5.81. The Labute approximate surface area is 138 Å². The van der Waals surface area contributed by atoms with E-state index in [0.29, 0.717) is 12.4 Å². The number of rotatable bonds is 3. The number of esters is 1. The highest BCUT2D eigenvalue weighted by molar-refractivity contribution is 5.72. The molecular formula is C17H17N5O2. The van der Waals surface area contributed by atoms with E-state index in [1.807, 2.05) is 39.7 Å². The van der Waals surface area contributed by atoms with Gasteiger partial charge in [0.15, 0.2) is 5.82 Å². The van der Waals surface area contributed by atoms with Crippen LogP contribution in [0.1, 0.15) is 12.2 Å². The number of carbonyl (C=O) groups excluding carboxylic acids is 1. The lowest BCUT2D eigenvalue weighted by atomic mass is 10.0. The number of fused-ring (bicyclic) bond motifs is 1. The minimum absolute atomic E-state index is 0.138. The molecule has 1 aromatic carbocycles. The van der Waals surface area contributed by atoms with E-state index in [4.69, 9.17) is 4.74 Å². The lowest BCUT2D eigenvalue weighted by molar-refractivity contribution is -0.146. The Morgan fingerprint density at radius 3 is 2.83 bits per heavy atom. The minimum atomic E-state index is -0.178. The van der Waals surface area contributed by atoms with Gasteiger partial charge in [-0.1, -0.05) is 0 Å². The van der Waals surface area contributed by atoms with Crippen LogP contribution in [-0.4, -0.2) is 37.4 Å². The average Bonchev–Trinajstić information content (AvgIpc) is 3.30. The van der Waals surface area contributed by atoms with Crippen molar-refractivity contribution in [2.75, 3.05) is 7.11 Å². The molecule has 1 atom stereocenters. The van der Waals surface area contributed by atoms with E-state index in [0.717, 1.165) is 29.9 Å². The number of aryl methyl sites for hydroxylation is 1. The van der Waals surface area contributed by atoms with Crippen LogP contribution in [0.25, 0.3) is 17.1 Å². The third-order valence-corrected chi connectivity index (χ3v) is 4.32. The van der Waals surface area contributed by atoms with Crippen LogP contribution in [0.5, 0.6) is 0 Å². The van der Waals surface area contributed by atoms with Gasteiger partial charge in [0.25, 0.3) is 0 Å². The predicted molar refractivity (Wildman–Crippen MR) is 86.4 cm³/mol. The van der Waals surface area contributed by atoms with E-state index >= 15 is 0 Å². The van der Waals surface area contributed by atoms with Crippen molar-refractivity contribution in [2.24, 2.45) is 5.92 Å². The van der Waals surface area contributed by atoms with Crippen molar-refractivity contribution < 1.29 is 9.53 Å². The van der Waals surface area contributed by atoms with Gasteiger partial charge >= 0.3 is 5.97 Å². The number of imidazole rings is 1. The number of hydrogen-bond acceptors (Lipinski definition) is 5. The van der Waals surface area contributed by atoms with E-state index in [9.17, 15) is 4.79 Å². The molecule has 0 saturated heterocycles. The highest BCUT2D eigenvalue weighted by Gasteiger charge is 2.27. The number of methoxy groups -OCH3 is 1. The van der Waals surface area contributed by atoms with E-state index in [2.05, 4.69) is 15.1 Å². The summed E-state index contributed by atoms with van der Waals surface area (Å²) in [6, 6.07) is 8.01. The summed E-state index contributed by atoms with van der Waals surface area (Å²) in [5.41, 5.74) is 1.99. The molecule has 0 aliphatic carbocycles. The average molecular weight is 323 g/mol. The van der Waals surface area contributed by atoms with Crippen molar-refractivity contribution >= 4 is 5.97 Å². The summed E-state index contributed by atoms with van der Waals surface area (Å²) in [7, 11) is 1.42. The van der Waals surface area contributed by atoms with E-state index in [1.165, 1.54) is 7.11 Å². The summed E-state index contributed by atoms with van der Waals surface area (Å²) < 4.78 is 8.60. The van der Waals surface area contributed by atoms with Crippen molar-refractivity contribution in [2.45, 2.75) is 19.4 Å². The van der Waals surface area contributed by atoms with Crippen LogP contribution in [-0.2, 0) is 22.5 Å². The molecule has 0 radical (unpaired) electrons. The summed E-state index contributed by atoms with van der Waals surface area (Å²) in [4.78, 5) is 20.4. The van der Waals surface area contributed by atoms with Crippen molar-refractivity contribution in [1.29, 1.82) is 0 Å². The maximum atomic E-state index is 11.7. The zero-order chi connectivity index (χ0) is 16.5. The van der Waals surface area contributed by atoms with Crippen LogP contribution in [0.4, 0.5) is 0 Å². The zero-order valence-corrected chi connectivity index (χ0v) is 13.3. The molecule has 0 amide bonds. The van der Waals surface area contributed by atoms with Gasteiger partial charge in [0.2, 0.25) is 0 Å². The molecule has 1 aliphatic rings. The first kappa shape index (κ1) is 14.6. The van der Waals surface area contributed by atoms with E-state index < -0.39 is 0 Å². The third kappa shape index (κ3) is 2.58. The molecule has 1 unspecified atom stereocenters. The van der Waals surface area contributed by atoms with Crippen LogP contribution in [0.15, 0.2) is 43.0 Å². The molecule has 0 spiro atoms. The molecule has 1 aliphatic heterocycles. The molecule has 7 heteroatoms. The number of aromatic nitrogens is 5. The van der Waals surface area contributed by atoms with Crippen molar-refractivity contribution in [1.82, 2.24) is 24.3 Å². The van der Waals surface area contributed by atoms with Crippen LogP contribution in [0, 0.1) is 5.92 Å². The van der Waals surface area contributed by atoms with Gasteiger partial charge in [-0.25, -0.2) is 14.6 Å². The van der Waals surface area contributed by atoms with Gasteiger partial charge in [-0.15, -0.1) is 0 Å². The standard InChI is InChI=1S/C17H17N5O2/c1-24-17(23)13-4-7-15-19-16(20-22(15)10-13)12-2-5-14(6-3-12)21-9-8-18-11-21/h2-3,5-6,8-9,11,13H,4,7,10H2,1H3. The summed E-state index contributed by atoms with van der Waals surface area (Å²) in [5.74, 6) is 1.29. The maximum absolute atomic E-state index is 11.7. The van der Waals surface area contributed by atoms with Gasteiger partial charge in [-0.3, -0.25) is 4.79 Å². The Kier molecular flexibility index (Phi) is 3.60. The molecule has 4 rings (SSSR count). The topological polar surface area (TPSA) is 74.8 Å². The predicted octanol–water partition coefficient (Wildman–Crippen LogP) is 1.87. The third-order valence-electron chi connectivity index (χ3n) is 4.32. The minimum Gasteiger partial charge on any atom is -0.469 e. The molecule has 0 N–H and O–H groups in total. The molecule has 7 nitrogen and oxygen atoms in total. The van der Waals surface area contributed by atoms with E-state index in [-0.39, 0.29) is 11.9 Å². The Morgan fingerprint density at radius 1 is 1.29 bits per heavy atom. The maximum Gasteiger partial charge on any atom is 0.310 e. The molecule has 3 aromatic rings. The summed E-state index contributed by atoms with van der Waals surface area (Å²) in [5, 5.41) is 4.56. The quantitative estimate of drug-likeness (QED) is 0.688. The van der Waals surface area contributed by atoms with Gasteiger partial charge in [0.05, 0.1) is 25.9 Å². The fourth-order valence-corrected chi connectivity index (χ4v) is 2.98. The summed E-state index contributed by atoms with van der Waals surface area (Å²) in [6.07, 6.45) is 6.89. The van der Waals surface area contributed by atoms with Crippen LogP contribution < -0.4 is 0 Å². The Balaban J connectivity index is 1.58. The Hall–Kier alpha value is -2.96. The number of nitrogens with zero attached hydrogens (tertiary/aromatic N) is 5. The number of ether oxygens (including phenoxy) is 1. The molecule has 3 heterocycles. The fraction of sp³-hybridized carbons (Fsp3) is 0.294. The monoisotopic (exact) mass is 323 g/mol. The second kappa shape index (κ2) is 5.92. The van der Waals surface area contributed by atoms with Gasteiger partial charge < -0.3 is 9.30 Å². The van der Waals surface area contributed by atoms with Crippen LogP contribution >= 0.6 is 0 Å². The van der Waals surface area contributed by atoms with Crippen molar-refractivity contribution in [3.05, 3.63) is 48.8 Å². The summed E-state index contributed by atoms with van der Waals surface area (Å²) >= 11 is 0. The van der Waals surface area contributed by atoms with Crippen molar-refractivity contribution in [3.8, 4) is 17.1 Å². The molecule has 0 bridgehead atoms. The van der Waals surface area contributed by atoms with Gasteiger partial charge in [-0.05, 0) is 30.7 Å². The number of hydrogen-bond donors (Lipinski definition) is 0. The first-order valence-electron chi connectivity index (χ1n) is 7.85. The highest BCUT2D eigenvalue weighted by atomic mass is 16.5. The second-order valence-electron chi connectivity index (χ2n) is 5.81. The smallest absolute Gasteiger partial charge is 0.310 e. The molecule has 0 saturated carbocycles. The lowest BCUT2D eigenvalue weighted by Gasteiger charge is -2.19. The first-order valence-corrected chi connectivity index (χ1v) is 7.85. The van der Waals surface area contributed by atoms with Crippen LogP contribution in [0.3, 0.4) is 0 Å². The van der Waals surface area contributed by atoms with E-state index in [1.54, 1.807) is 12.5 Å². The largest absolute Gasteiger partial charge is 0.469 e. The Bertz CT molecular complexity index is 852. The lowest BCUT2D eigenvalue weighted by Crippen LogP contribution is -2.28. The van der Waals surface area contributed by atoms with Crippen molar-refractivity contribution in [3.63, 3.8) is 0 Å². The molecule has 0 fully saturated rings. The zero-order valence-electron chi connectivity index (χ0n) is 13.3. The number of benzene rings is 1. The molecule has 122 valence electrons. The summed E-state index contributed by atoms with van der Waals surface area (Å²) in [6.45, 7) is 0.530. The fourth-order valence-electron chi connectivity index (χ4n) is 2.98. The number of carbonyl (C=O) groups is 1. The first-order chi connectivity index (χ1) is 11.7.